The summed E-state index contributed by atoms with van der Waals surface area (Å²) in [6.45, 7) is 1.57. The van der Waals surface area contributed by atoms with E-state index in [4.69, 9.17) is 5.11 Å². The summed E-state index contributed by atoms with van der Waals surface area (Å²) in [5, 5.41) is 11.1. The van der Waals surface area contributed by atoms with E-state index in [1.165, 1.54) is 16.8 Å². The van der Waals surface area contributed by atoms with E-state index < -0.39 is 21.9 Å². The maximum Gasteiger partial charge on any atom is 0.323 e. The van der Waals surface area contributed by atoms with Gasteiger partial charge < -0.3 is 15.0 Å². The highest BCUT2D eigenvalue weighted by atomic mass is 32.2. The summed E-state index contributed by atoms with van der Waals surface area (Å²) in [7, 11) is -3.39. The molecule has 1 rings (SSSR count). The predicted molar refractivity (Wildman–Crippen MR) is 71.9 cm³/mol. The molecule has 0 aliphatic carbocycles. The first kappa shape index (κ1) is 16.2. The largest absolute Gasteiger partial charge is 0.480 e. The average molecular weight is 303 g/mol. The molecule has 112 valence electrons. The zero-order chi connectivity index (χ0) is 15.2. The number of carboxylic acids is 1. The molecule has 0 bridgehead atoms. The molecule has 0 aliphatic rings. The molecule has 1 aromatic heterocycles. The zero-order valence-electron chi connectivity index (χ0n) is 11.0. The zero-order valence-corrected chi connectivity index (χ0v) is 11.8. The van der Waals surface area contributed by atoms with Crippen LogP contribution in [0.4, 0.5) is 0 Å². The minimum atomic E-state index is -3.39. The van der Waals surface area contributed by atoms with Gasteiger partial charge in [-0.2, -0.15) is 0 Å². The van der Waals surface area contributed by atoms with E-state index in [-0.39, 0.29) is 31.1 Å². The summed E-state index contributed by atoms with van der Waals surface area (Å²) in [6.07, 6.45) is 1.47. The SMILES string of the molecule is CCNS(=O)(=O)CCNC(=O)c1cccn1CC(=O)O. The Kier molecular flexibility index (Phi) is 5.71. The number of carbonyl (C=O) groups is 2. The van der Waals surface area contributed by atoms with E-state index in [1.807, 2.05) is 0 Å². The Morgan fingerprint density at radius 2 is 2.10 bits per heavy atom. The van der Waals surface area contributed by atoms with Gasteiger partial charge in [-0.3, -0.25) is 9.59 Å². The second-order valence-corrected chi connectivity index (χ2v) is 5.91. The summed E-state index contributed by atoms with van der Waals surface area (Å²) in [6, 6.07) is 3.02. The average Bonchev–Trinajstić information content (AvgIpc) is 2.75. The van der Waals surface area contributed by atoms with Crippen LogP contribution in [0.5, 0.6) is 0 Å². The third kappa shape index (κ3) is 5.02. The minimum Gasteiger partial charge on any atom is -0.480 e. The molecule has 8 nitrogen and oxygen atoms in total. The van der Waals surface area contributed by atoms with E-state index in [1.54, 1.807) is 13.0 Å². The maximum atomic E-state index is 11.8. The van der Waals surface area contributed by atoms with Crippen LogP contribution >= 0.6 is 0 Å². The molecule has 0 aromatic carbocycles. The second kappa shape index (κ2) is 7.06. The van der Waals surface area contributed by atoms with Crippen molar-refractivity contribution in [2.45, 2.75) is 13.5 Å². The van der Waals surface area contributed by atoms with Gasteiger partial charge in [0.2, 0.25) is 10.0 Å². The number of nitrogens with one attached hydrogen (secondary N) is 2. The number of hydrogen-bond acceptors (Lipinski definition) is 4. The summed E-state index contributed by atoms with van der Waals surface area (Å²) >= 11 is 0. The Balaban J connectivity index is 2.56. The molecule has 1 amide bonds. The van der Waals surface area contributed by atoms with Gasteiger partial charge in [0, 0.05) is 19.3 Å². The van der Waals surface area contributed by atoms with E-state index >= 15 is 0 Å². The van der Waals surface area contributed by atoms with Crippen molar-refractivity contribution >= 4 is 21.9 Å². The molecule has 0 saturated carbocycles. The van der Waals surface area contributed by atoms with Crippen LogP contribution in [0.2, 0.25) is 0 Å². The lowest BCUT2D eigenvalue weighted by atomic mass is 10.4. The van der Waals surface area contributed by atoms with E-state index in [0.717, 1.165) is 0 Å². The molecule has 0 atom stereocenters. The van der Waals surface area contributed by atoms with Gasteiger partial charge in [-0.1, -0.05) is 6.92 Å². The molecular weight excluding hydrogens is 286 g/mol. The van der Waals surface area contributed by atoms with Gasteiger partial charge in [0.1, 0.15) is 12.2 Å². The Labute approximate surface area is 116 Å². The smallest absolute Gasteiger partial charge is 0.323 e. The van der Waals surface area contributed by atoms with Gasteiger partial charge in [-0.25, -0.2) is 13.1 Å². The molecule has 0 saturated heterocycles. The van der Waals surface area contributed by atoms with Crippen molar-refractivity contribution in [3.8, 4) is 0 Å². The van der Waals surface area contributed by atoms with E-state index in [0.29, 0.717) is 0 Å². The Bertz CT molecular complexity index is 579. The van der Waals surface area contributed by atoms with Crippen LogP contribution in [-0.4, -0.2) is 48.8 Å². The highest BCUT2D eigenvalue weighted by Crippen LogP contribution is 2.02. The highest BCUT2D eigenvalue weighted by Gasteiger charge is 2.14. The monoisotopic (exact) mass is 303 g/mol. The fourth-order valence-electron chi connectivity index (χ4n) is 1.59. The molecule has 0 aliphatic heterocycles. The van der Waals surface area contributed by atoms with Gasteiger partial charge in [0.15, 0.2) is 0 Å². The van der Waals surface area contributed by atoms with Crippen molar-refractivity contribution in [3.05, 3.63) is 24.0 Å². The normalized spacial score (nSPS) is 11.2. The summed E-state index contributed by atoms with van der Waals surface area (Å²) in [4.78, 5) is 22.4. The molecule has 1 aromatic rings. The number of carbonyl (C=O) groups excluding carboxylic acids is 1. The molecule has 1 heterocycles. The minimum absolute atomic E-state index is 0.0492. The van der Waals surface area contributed by atoms with E-state index in [9.17, 15) is 18.0 Å². The number of amides is 1. The number of rotatable bonds is 8. The summed E-state index contributed by atoms with van der Waals surface area (Å²) in [5.74, 6) is -1.81. The molecule has 0 spiro atoms. The molecule has 20 heavy (non-hydrogen) atoms. The first-order chi connectivity index (χ1) is 9.35. The number of aliphatic carboxylic acids is 1. The topological polar surface area (TPSA) is 118 Å². The molecule has 0 unspecified atom stereocenters. The fraction of sp³-hybridized carbons (Fsp3) is 0.455. The van der Waals surface area contributed by atoms with Crippen LogP contribution in [0.15, 0.2) is 18.3 Å². The Morgan fingerprint density at radius 1 is 1.40 bits per heavy atom. The van der Waals surface area contributed by atoms with Crippen molar-refractivity contribution in [1.82, 2.24) is 14.6 Å². The van der Waals surface area contributed by atoms with Crippen molar-refractivity contribution in [2.24, 2.45) is 0 Å². The number of sulfonamides is 1. The lowest BCUT2D eigenvalue weighted by Crippen LogP contribution is -2.35. The Hall–Kier alpha value is -1.87. The lowest BCUT2D eigenvalue weighted by molar-refractivity contribution is -0.137. The van der Waals surface area contributed by atoms with Crippen LogP contribution in [0, 0.1) is 0 Å². The maximum absolute atomic E-state index is 11.8. The predicted octanol–water partition coefficient (Wildman–Crippen LogP) is -0.758. The quantitative estimate of drug-likeness (QED) is 0.583. The second-order valence-electron chi connectivity index (χ2n) is 3.99. The van der Waals surface area contributed by atoms with Crippen LogP contribution in [0.25, 0.3) is 0 Å². The Morgan fingerprint density at radius 3 is 2.70 bits per heavy atom. The van der Waals surface area contributed by atoms with Gasteiger partial charge in [-0.15, -0.1) is 0 Å². The first-order valence-corrected chi connectivity index (χ1v) is 7.63. The van der Waals surface area contributed by atoms with Gasteiger partial charge in [0.25, 0.3) is 5.91 Å². The standard InChI is InChI=1S/C11H17N3O5S/c1-2-13-20(18,19)7-5-12-11(17)9-4-3-6-14(9)8-10(15)16/h3-4,6,13H,2,5,7-8H2,1H3,(H,12,17)(H,15,16). The first-order valence-electron chi connectivity index (χ1n) is 5.98. The van der Waals surface area contributed by atoms with E-state index in [2.05, 4.69) is 10.0 Å². The van der Waals surface area contributed by atoms with Crippen molar-refractivity contribution < 1.29 is 23.1 Å². The van der Waals surface area contributed by atoms with Crippen molar-refractivity contribution in [2.75, 3.05) is 18.8 Å². The molecule has 0 radical (unpaired) electrons. The highest BCUT2D eigenvalue weighted by molar-refractivity contribution is 7.89. The van der Waals surface area contributed by atoms with Crippen LogP contribution in [0.1, 0.15) is 17.4 Å². The number of aromatic nitrogens is 1. The van der Waals surface area contributed by atoms with Crippen molar-refractivity contribution in [1.29, 1.82) is 0 Å². The number of hydrogen-bond donors (Lipinski definition) is 3. The van der Waals surface area contributed by atoms with Crippen molar-refractivity contribution in [3.63, 3.8) is 0 Å². The van der Waals surface area contributed by atoms with Gasteiger partial charge >= 0.3 is 5.97 Å². The van der Waals surface area contributed by atoms with Crippen LogP contribution in [-0.2, 0) is 21.4 Å². The molecular formula is C11H17N3O5S. The molecule has 0 fully saturated rings. The summed E-state index contributed by atoms with van der Waals surface area (Å²) in [5.41, 5.74) is 0.174. The third-order valence-corrected chi connectivity index (χ3v) is 3.86. The lowest BCUT2D eigenvalue weighted by Gasteiger charge is -2.08. The number of nitrogens with zero attached hydrogens (tertiary/aromatic N) is 1. The van der Waals surface area contributed by atoms with Gasteiger partial charge in [0.05, 0.1) is 5.75 Å². The molecule has 3 N–H and O–H groups in total. The fourth-order valence-corrected chi connectivity index (χ4v) is 2.54. The number of carboxylic acid groups (broad SMARTS) is 1. The van der Waals surface area contributed by atoms with Crippen LogP contribution in [0.3, 0.4) is 0 Å². The van der Waals surface area contributed by atoms with Crippen LogP contribution < -0.4 is 10.0 Å². The summed E-state index contributed by atoms with van der Waals surface area (Å²) < 4.78 is 26.3. The molecule has 9 heteroatoms. The third-order valence-electron chi connectivity index (χ3n) is 2.39. The van der Waals surface area contributed by atoms with Gasteiger partial charge in [-0.05, 0) is 12.1 Å².